The van der Waals surface area contributed by atoms with Crippen LogP contribution >= 0.6 is 0 Å². The van der Waals surface area contributed by atoms with Gasteiger partial charge in [0.2, 0.25) is 11.8 Å². The number of benzene rings is 1. The van der Waals surface area contributed by atoms with E-state index in [0.29, 0.717) is 30.5 Å². The number of nitrogens with zero attached hydrogens (tertiary/aromatic N) is 4. The number of hydrogen-bond donors (Lipinski definition) is 3. The van der Waals surface area contributed by atoms with Crippen LogP contribution in [-0.4, -0.2) is 54.9 Å². The Hall–Kier alpha value is -3.98. The Bertz CT molecular complexity index is 1130. The van der Waals surface area contributed by atoms with Crippen molar-refractivity contribution in [2.24, 2.45) is 5.10 Å². The molecule has 3 aromatic rings. The topological polar surface area (TPSA) is 104 Å². The van der Waals surface area contributed by atoms with E-state index in [9.17, 15) is 4.79 Å². The molecular weight excluding hydrogens is 466 g/mol. The van der Waals surface area contributed by atoms with Crippen molar-refractivity contribution in [2.45, 2.75) is 33.6 Å². The zero-order chi connectivity index (χ0) is 26.3. The maximum absolute atomic E-state index is 12.1. The van der Waals surface area contributed by atoms with E-state index in [4.69, 9.17) is 4.74 Å². The summed E-state index contributed by atoms with van der Waals surface area (Å²) < 4.78 is 5.94. The van der Waals surface area contributed by atoms with Gasteiger partial charge in [0.15, 0.2) is 5.82 Å². The van der Waals surface area contributed by atoms with Crippen molar-refractivity contribution in [3.05, 3.63) is 72.1 Å². The number of hydrogen-bond acceptors (Lipinski definition) is 8. The van der Waals surface area contributed by atoms with E-state index in [-0.39, 0.29) is 12.5 Å². The monoisotopic (exact) mass is 503 g/mol. The second kappa shape index (κ2) is 15.2. The van der Waals surface area contributed by atoms with Gasteiger partial charge in [0, 0.05) is 43.7 Å². The Balaban J connectivity index is 1.59. The highest BCUT2D eigenvalue weighted by Crippen LogP contribution is 2.24. The first-order valence-electron chi connectivity index (χ1n) is 12.7. The van der Waals surface area contributed by atoms with Crippen molar-refractivity contribution in [1.29, 1.82) is 0 Å². The Morgan fingerprint density at radius 2 is 1.95 bits per heavy atom. The van der Waals surface area contributed by atoms with E-state index >= 15 is 0 Å². The molecule has 37 heavy (non-hydrogen) atoms. The minimum absolute atomic E-state index is 0.138. The molecule has 2 aromatic heterocycles. The molecule has 0 radical (unpaired) electrons. The van der Waals surface area contributed by atoms with Crippen molar-refractivity contribution in [2.75, 3.05) is 48.4 Å². The molecule has 2 heterocycles. The molecule has 1 amide bonds. The minimum Gasteiger partial charge on any atom is -0.476 e. The van der Waals surface area contributed by atoms with Crippen LogP contribution in [0.2, 0.25) is 0 Å². The van der Waals surface area contributed by atoms with Crippen molar-refractivity contribution in [3.63, 3.8) is 0 Å². The van der Waals surface area contributed by atoms with Crippen molar-refractivity contribution in [3.8, 4) is 5.88 Å². The van der Waals surface area contributed by atoms with E-state index in [0.717, 1.165) is 37.2 Å². The fraction of sp³-hybridized carbons (Fsp3) is 0.357. The number of aromatic nitrogens is 2. The summed E-state index contributed by atoms with van der Waals surface area (Å²) in [6.07, 6.45) is 7.12. The average Bonchev–Trinajstić information content (AvgIpc) is 2.89. The second-order valence-electron chi connectivity index (χ2n) is 8.64. The molecule has 1 aromatic carbocycles. The highest BCUT2D eigenvalue weighted by atomic mass is 16.5. The summed E-state index contributed by atoms with van der Waals surface area (Å²) in [5, 5.41) is 10.3. The number of nitrogens with one attached hydrogen (secondary N) is 3. The number of ether oxygens (including phenoxy) is 1. The van der Waals surface area contributed by atoms with Gasteiger partial charge in [-0.25, -0.2) is 0 Å². The summed E-state index contributed by atoms with van der Waals surface area (Å²) in [6, 6.07) is 15.6. The first kappa shape index (κ1) is 27.6. The van der Waals surface area contributed by atoms with Crippen LogP contribution in [0.1, 0.15) is 37.8 Å². The van der Waals surface area contributed by atoms with Gasteiger partial charge in [0.1, 0.15) is 6.61 Å². The van der Waals surface area contributed by atoms with Gasteiger partial charge in [0.25, 0.3) is 0 Å². The van der Waals surface area contributed by atoms with Gasteiger partial charge in [-0.3, -0.25) is 15.2 Å². The van der Waals surface area contributed by atoms with Gasteiger partial charge in [-0.2, -0.15) is 10.1 Å². The van der Waals surface area contributed by atoms with Crippen LogP contribution in [0, 0.1) is 6.92 Å². The third kappa shape index (κ3) is 9.89. The quantitative estimate of drug-likeness (QED) is 0.160. The molecule has 0 saturated carbocycles. The fourth-order valence-corrected chi connectivity index (χ4v) is 3.71. The fourth-order valence-electron chi connectivity index (χ4n) is 3.71. The molecule has 3 N–H and O–H groups in total. The molecule has 0 aliphatic carbocycles. The van der Waals surface area contributed by atoms with E-state index in [1.807, 2.05) is 24.3 Å². The van der Waals surface area contributed by atoms with Gasteiger partial charge < -0.3 is 20.3 Å². The summed E-state index contributed by atoms with van der Waals surface area (Å²) in [5.41, 5.74) is 6.94. The third-order valence-electron chi connectivity index (χ3n) is 5.33. The van der Waals surface area contributed by atoms with E-state index in [1.54, 1.807) is 30.7 Å². The molecule has 0 aliphatic rings. The third-order valence-corrected chi connectivity index (χ3v) is 5.33. The number of carbonyl (C=O) groups is 1. The molecule has 0 atom stereocenters. The minimum atomic E-state index is -0.138. The summed E-state index contributed by atoms with van der Waals surface area (Å²) in [4.78, 5) is 23.0. The van der Waals surface area contributed by atoms with Gasteiger partial charge in [-0.15, -0.1) is 0 Å². The molecule has 0 unspecified atom stereocenters. The van der Waals surface area contributed by atoms with Crippen LogP contribution in [0.25, 0.3) is 0 Å². The van der Waals surface area contributed by atoms with Crippen LogP contribution in [0.15, 0.2) is 66.0 Å². The molecule has 0 spiro atoms. The normalized spacial score (nSPS) is 10.9. The predicted molar refractivity (Wildman–Crippen MR) is 151 cm³/mol. The Morgan fingerprint density at radius 3 is 2.68 bits per heavy atom. The maximum atomic E-state index is 12.1. The summed E-state index contributed by atoms with van der Waals surface area (Å²) in [5.74, 6) is 0.975. The SMILES string of the molecule is CCCN(CCC)c1cc(N/N=C/c2cccc(C)c2)nc(OCCNCC(=O)Nc2cccnc2)c1. The Kier molecular flexibility index (Phi) is 11.3. The molecule has 9 nitrogen and oxygen atoms in total. The van der Waals surface area contributed by atoms with E-state index in [2.05, 4.69) is 68.9 Å². The number of hydrazone groups is 1. The highest BCUT2D eigenvalue weighted by Gasteiger charge is 2.10. The number of anilines is 3. The zero-order valence-electron chi connectivity index (χ0n) is 21.9. The van der Waals surface area contributed by atoms with Gasteiger partial charge in [-0.05, 0) is 37.5 Å². The summed E-state index contributed by atoms with van der Waals surface area (Å²) >= 11 is 0. The number of carbonyl (C=O) groups excluding carboxylic acids is 1. The standard InChI is InChI=1S/C28H37N7O2/c1-4-13-35(14-5-2)25-17-26(34-31-19-23-9-6-8-22(3)16-23)33-28(18-25)37-15-12-30-21-27(36)32-24-10-7-11-29-20-24/h6-11,16-20,30H,4-5,12-15,21H2,1-3H3,(H,32,36)(H,33,34)/b31-19+. The lowest BCUT2D eigenvalue weighted by Gasteiger charge is -2.24. The summed E-state index contributed by atoms with van der Waals surface area (Å²) in [6.45, 7) is 9.31. The van der Waals surface area contributed by atoms with Crippen LogP contribution in [0.3, 0.4) is 0 Å². The van der Waals surface area contributed by atoms with Crippen LogP contribution < -0.4 is 25.7 Å². The van der Waals surface area contributed by atoms with Crippen LogP contribution in [-0.2, 0) is 4.79 Å². The average molecular weight is 504 g/mol. The molecule has 196 valence electrons. The number of rotatable bonds is 15. The maximum Gasteiger partial charge on any atom is 0.238 e. The molecule has 3 rings (SSSR count). The molecule has 0 bridgehead atoms. The molecule has 0 aliphatic heterocycles. The predicted octanol–water partition coefficient (Wildman–Crippen LogP) is 4.46. The summed E-state index contributed by atoms with van der Waals surface area (Å²) in [7, 11) is 0. The van der Waals surface area contributed by atoms with Crippen molar-refractivity contribution >= 4 is 29.3 Å². The number of aryl methyl sites for hydroxylation is 1. The van der Waals surface area contributed by atoms with Gasteiger partial charge in [-0.1, -0.05) is 43.7 Å². The zero-order valence-corrected chi connectivity index (χ0v) is 21.9. The van der Waals surface area contributed by atoms with Crippen molar-refractivity contribution in [1.82, 2.24) is 15.3 Å². The molecule has 0 fully saturated rings. The first-order chi connectivity index (χ1) is 18.1. The Morgan fingerprint density at radius 1 is 1.11 bits per heavy atom. The first-order valence-corrected chi connectivity index (χ1v) is 12.7. The molecular formula is C28H37N7O2. The lowest BCUT2D eigenvalue weighted by atomic mass is 10.2. The lowest BCUT2D eigenvalue weighted by Crippen LogP contribution is -2.31. The smallest absolute Gasteiger partial charge is 0.238 e. The largest absolute Gasteiger partial charge is 0.476 e. The molecule has 9 heteroatoms. The van der Waals surface area contributed by atoms with Gasteiger partial charge in [0.05, 0.1) is 24.6 Å². The van der Waals surface area contributed by atoms with Gasteiger partial charge >= 0.3 is 0 Å². The van der Waals surface area contributed by atoms with E-state index in [1.165, 1.54) is 5.56 Å². The molecule has 0 saturated heterocycles. The highest BCUT2D eigenvalue weighted by molar-refractivity contribution is 5.92. The van der Waals surface area contributed by atoms with E-state index < -0.39 is 0 Å². The Labute approximate surface area is 219 Å². The van der Waals surface area contributed by atoms with Crippen LogP contribution in [0.4, 0.5) is 17.2 Å². The lowest BCUT2D eigenvalue weighted by molar-refractivity contribution is -0.115. The van der Waals surface area contributed by atoms with Crippen molar-refractivity contribution < 1.29 is 9.53 Å². The second-order valence-corrected chi connectivity index (χ2v) is 8.64. The number of amides is 1. The van der Waals surface area contributed by atoms with Crippen LogP contribution in [0.5, 0.6) is 5.88 Å². The number of pyridine rings is 2.